The first kappa shape index (κ1) is 18.3. The molecule has 7 nitrogen and oxygen atoms in total. The number of fused-ring (bicyclic) bond motifs is 1. The van der Waals surface area contributed by atoms with Crippen LogP contribution in [0, 0.1) is 3.57 Å². The molecule has 1 aliphatic rings. The molecule has 1 aliphatic heterocycles. The maximum atomic E-state index is 12.2. The average molecular weight is 468 g/mol. The number of halogens is 1. The molecule has 0 aliphatic carbocycles. The molecule has 0 fully saturated rings. The quantitative estimate of drug-likeness (QED) is 0.400. The van der Waals surface area contributed by atoms with Gasteiger partial charge >= 0.3 is 0 Å². The summed E-state index contributed by atoms with van der Waals surface area (Å²) in [5.41, 5.74) is 3.58. The SMILES string of the molecule is CCOc1cc(/C=N\NC(=O)c2ccc3c(c2)OCCO3)cc(I)c1O. The minimum atomic E-state index is -0.364. The van der Waals surface area contributed by atoms with Crippen LogP contribution in [-0.2, 0) is 0 Å². The van der Waals surface area contributed by atoms with E-state index in [9.17, 15) is 9.90 Å². The van der Waals surface area contributed by atoms with Crippen LogP contribution < -0.4 is 19.6 Å². The molecule has 0 saturated carbocycles. The van der Waals surface area contributed by atoms with Crippen LogP contribution in [-0.4, -0.2) is 37.0 Å². The Bertz CT molecular complexity index is 854. The number of phenols is 1. The summed E-state index contributed by atoms with van der Waals surface area (Å²) in [6, 6.07) is 8.35. The van der Waals surface area contributed by atoms with Gasteiger partial charge in [0, 0.05) is 5.56 Å². The van der Waals surface area contributed by atoms with Crippen molar-refractivity contribution in [2.45, 2.75) is 6.92 Å². The highest BCUT2D eigenvalue weighted by Gasteiger charge is 2.14. The maximum Gasteiger partial charge on any atom is 0.271 e. The van der Waals surface area contributed by atoms with Gasteiger partial charge in [-0.3, -0.25) is 4.79 Å². The van der Waals surface area contributed by atoms with Gasteiger partial charge < -0.3 is 19.3 Å². The van der Waals surface area contributed by atoms with E-state index in [1.54, 1.807) is 30.3 Å². The van der Waals surface area contributed by atoms with E-state index in [2.05, 4.69) is 10.5 Å². The molecule has 0 aromatic heterocycles. The molecular formula is C18H17IN2O5. The Labute approximate surface area is 164 Å². The number of carbonyl (C=O) groups is 1. The summed E-state index contributed by atoms with van der Waals surface area (Å²) in [6.45, 7) is 3.22. The minimum Gasteiger partial charge on any atom is -0.504 e. The van der Waals surface area contributed by atoms with Gasteiger partial charge in [-0.05, 0) is 65.4 Å². The molecule has 0 bridgehead atoms. The van der Waals surface area contributed by atoms with Gasteiger partial charge in [0.1, 0.15) is 13.2 Å². The highest BCUT2D eigenvalue weighted by Crippen LogP contribution is 2.32. The van der Waals surface area contributed by atoms with Crippen LogP contribution >= 0.6 is 22.6 Å². The molecule has 136 valence electrons. The van der Waals surface area contributed by atoms with Crippen molar-refractivity contribution in [3.05, 3.63) is 45.0 Å². The second-order valence-corrected chi connectivity index (χ2v) is 6.50. The lowest BCUT2D eigenvalue weighted by molar-refractivity contribution is 0.0954. The highest BCUT2D eigenvalue weighted by atomic mass is 127. The van der Waals surface area contributed by atoms with Crippen LogP contribution in [0.5, 0.6) is 23.0 Å². The lowest BCUT2D eigenvalue weighted by atomic mass is 10.2. The fraction of sp³-hybridized carbons (Fsp3) is 0.222. The zero-order valence-electron chi connectivity index (χ0n) is 14.0. The van der Waals surface area contributed by atoms with Gasteiger partial charge in [0.05, 0.1) is 16.4 Å². The Hall–Kier alpha value is -2.49. The van der Waals surface area contributed by atoms with E-state index in [0.717, 1.165) is 0 Å². The van der Waals surface area contributed by atoms with Crippen molar-refractivity contribution in [2.75, 3.05) is 19.8 Å². The molecule has 26 heavy (non-hydrogen) atoms. The molecule has 1 heterocycles. The summed E-state index contributed by atoms with van der Waals surface area (Å²) in [5.74, 6) is 1.27. The number of hydrogen-bond donors (Lipinski definition) is 2. The summed E-state index contributed by atoms with van der Waals surface area (Å²) < 4.78 is 16.9. The maximum absolute atomic E-state index is 12.2. The molecule has 0 saturated heterocycles. The molecule has 0 spiro atoms. The van der Waals surface area contributed by atoms with Crippen LogP contribution in [0.4, 0.5) is 0 Å². The van der Waals surface area contributed by atoms with Crippen molar-refractivity contribution in [1.82, 2.24) is 5.43 Å². The third-order valence-corrected chi connectivity index (χ3v) is 4.36. The smallest absolute Gasteiger partial charge is 0.271 e. The predicted octanol–water partition coefficient (Wildman–Crippen LogP) is 2.93. The number of nitrogens with one attached hydrogen (secondary N) is 1. The van der Waals surface area contributed by atoms with E-state index >= 15 is 0 Å². The molecule has 0 unspecified atom stereocenters. The number of carbonyl (C=O) groups excluding carboxylic acids is 1. The van der Waals surface area contributed by atoms with Crippen LogP contribution in [0.15, 0.2) is 35.4 Å². The van der Waals surface area contributed by atoms with Crippen molar-refractivity contribution < 1.29 is 24.1 Å². The zero-order chi connectivity index (χ0) is 18.5. The van der Waals surface area contributed by atoms with E-state index < -0.39 is 0 Å². The van der Waals surface area contributed by atoms with Crippen LogP contribution in [0.1, 0.15) is 22.8 Å². The first-order chi connectivity index (χ1) is 12.6. The van der Waals surface area contributed by atoms with Crippen molar-refractivity contribution in [3.63, 3.8) is 0 Å². The van der Waals surface area contributed by atoms with E-state index in [1.807, 2.05) is 29.5 Å². The number of aromatic hydroxyl groups is 1. The van der Waals surface area contributed by atoms with E-state index in [-0.39, 0.29) is 11.7 Å². The van der Waals surface area contributed by atoms with Crippen molar-refractivity contribution in [1.29, 1.82) is 0 Å². The average Bonchev–Trinajstić information content (AvgIpc) is 2.65. The van der Waals surface area contributed by atoms with Gasteiger partial charge in [0.2, 0.25) is 0 Å². The zero-order valence-corrected chi connectivity index (χ0v) is 16.1. The van der Waals surface area contributed by atoms with Gasteiger partial charge in [0.15, 0.2) is 23.0 Å². The first-order valence-electron chi connectivity index (χ1n) is 7.97. The number of ether oxygens (including phenoxy) is 3. The van der Waals surface area contributed by atoms with Crippen LogP contribution in [0.25, 0.3) is 0 Å². The molecule has 2 aromatic carbocycles. The third kappa shape index (κ3) is 4.18. The highest BCUT2D eigenvalue weighted by molar-refractivity contribution is 14.1. The number of rotatable bonds is 5. The number of phenolic OH excluding ortho intramolecular Hbond substituents is 1. The summed E-state index contributed by atoms with van der Waals surface area (Å²) in [4.78, 5) is 12.2. The lowest BCUT2D eigenvalue weighted by Crippen LogP contribution is -2.19. The van der Waals surface area contributed by atoms with Gasteiger partial charge in [-0.1, -0.05) is 0 Å². The van der Waals surface area contributed by atoms with Crippen molar-refractivity contribution in [3.8, 4) is 23.0 Å². The largest absolute Gasteiger partial charge is 0.504 e. The predicted molar refractivity (Wildman–Crippen MR) is 104 cm³/mol. The molecule has 2 aromatic rings. The Morgan fingerprint density at radius 3 is 2.85 bits per heavy atom. The monoisotopic (exact) mass is 468 g/mol. The molecular weight excluding hydrogens is 451 g/mol. The van der Waals surface area contributed by atoms with Crippen LogP contribution in [0.2, 0.25) is 0 Å². The van der Waals surface area contributed by atoms with Gasteiger partial charge in [-0.15, -0.1) is 0 Å². The Morgan fingerprint density at radius 1 is 1.31 bits per heavy atom. The third-order valence-electron chi connectivity index (χ3n) is 3.53. The Morgan fingerprint density at radius 2 is 2.08 bits per heavy atom. The molecule has 3 rings (SSSR count). The van der Waals surface area contributed by atoms with E-state index in [0.29, 0.717) is 51.8 Å². The molecule has 2 N–H and O–H groups in total. The van der Waals surface area contributed by atoms with Crippen molar-refractivity contribution >= 4 is 34.7 Å². The molecule has 8 heteroatoms. The topological polar surface area (TPSA) is 89.4 Å². The number of hydrazone groups is 1. The minimum absolute atomic E-state index is 0.0879. The van der Waals surface area contributed by atoms with Crippen molar-refractivity contribution in [2.24, 2.45) is 5.10 Å². The molecule has 1 amide bonds. The molecule has 0 radical (unpaired) electrons. The second-order valence-electron chi connectivity index (χ2n) is 5.34. The Balaban J connectivity index is 1.69. The Kier molecular flexibility index (Phi) is 5.82. The van der Waals surface area contributed by atoms with Gasteiger partial charge in [-0.25, -0.2) is 5.43 Å². The summed E-state index contributed by atoms with van der Waals surface area (Å²) in [5, 5.41) is 13.9. The fourth-order valence-electron chi connectivity index (χ4n) is 2.35. The number of benzene rings is 2. The number of hydrogen-bond acceptors (Lipinski definition) is 6. The molecule has 0 atom stereocenters. The second kappa shape index (κ2) is 8.26. The fourth-order valence-corrected chi connectivity index (χ4v) is 2.97. The van der Waals surface area contributed by atoms with E-state index in [4.69, 9.17) is 14.2 Å². The summed E-state index contributed by atoms with van der Waals surface area (Å²) in [6.07, 6.45) is 1.49. The van der Waals surface area contributed by atoms with E-state index in [1.165, 1.54) is 6.21 Å². The summed E-state index contributed by atoms with van der Waals surface area (Å²) >= 11 is 2.00. The first-order valence-corrected chi connectivity index (χ1v) is 9.04. The van der Waals surface area contributed by atoms with Crippen LogP contribution in [0.3, 0.4) is 0 Å². The van der Waals surface area contributed by atoms with Gasteiger partial charge in [-0.2, -0.15) is 5.10 Å². The van der Waals surface area contributed by atoms with Gasteiger partial charge in [0.25, 0.3) is 5.91 Å². The lowest BCUT2D eigenvalue weighted by Gasteiger charge is -2.18. The standard InChI is InChI=1S/C18H17IN2O5/c1-2-24-16-8-11(7-13(19)17(16)22)10-20-21-18(23)12-3-4-14-15(9-12)26-6-5-25-14/h3-4,7-10,22H,2,5-6H2,1H3,(H,21,23)/b20-10-. The normalized spacial score (nSPS) is 12.8. The number of amides is 1. The number of nitrogens with zero attached hydrogens (tertiary/aromatic N) is 1. The summed E-state index contributed by atoms with van der Waals surface area (Å²) in [7, 11) is 0.